The van der Waals surface area contributed by atoms with Crippen molar-refractivity contribution in [1.29, 1.82) is 0 Å². The molecule has 0 saturated carbocycles. The number of nitrogens with one attached hydrogen (secondary N) is 1. The predicted octanol–water partition coefficient (Wildman–Crippen LogP) is 3.94. The molecule has 1 aromatic carbocycles. The Morgan fingerprint density at radius 3 is 2.58 bits per heavy atom. The first kappa shape index (κ1) is 19.1. The highest BCUT2D eigenvalue weighted by Crippen LogP contribution is 2.29. The summed E-state index contributed by atoms with van der Waals surface area (Å²) in [6.07, 6.45) is 2.67. The zero-order chi connectivity index (χ0) is 18.7. The maximum absolute atomic E-state index is 12.9. The monoisotopic (exact) mass is 392 g/mol. The van der Waals surface area contributed by atoms with Crippen molar-refractivity contribution < 1.29 is 13.2 Å². The Bertz CT molecular complexity index is 856. The topological polar surface area (TPSA) is 66.5 Å². The lowest BCUT2D eigenvalue weighted by Gasteiger charge is -2.34. The number of amides is 1. The normalized spacial score (nSPS) is 18.6. The summed E-state index contributed by atoms with van der Waals surface area (Å²) in [5.74, 6) is -0.138. The minimum absolute atomic E-state index is 0.138. The van der Waals surface area contributed by atoms with Crippen LogP contribution in [0.15, 0.2) is 39.9 Å². The molecule has 26 heavy (non-hydrogen) atoms. The van der Waals surface area contributed by atoms with Gasteiger partial charge in [-0.05, 0) is 49.3 Å². The van der Waals surface area contributed by atoms with Gasteiger partial charge in [0.15, 0.2) is 0 Å². The predicted molar refractivity (Wildman–Crippen MR) is 105 cm³/mol. The standard InChI is InChI=1S/C19H24N2O3S2/c1-14-7-5-8-15(2)19(14)20-17(22)13-16-9-3-4-11-21(16)26(23,24)18-10-6-12-25-18/h5-8,10,12,16H,3-4,9,11,13H2,1-2H3,(H,20,22). The van der Waals surface area contributed by atoms with Crippen molar-refractivity contribution in [2.45, 2.75) is 49.8 Å². The first-order chi connectivity index (χ1) is 12.4. The van der Waals surface area contributed by atoms with Crippen molar-refractivity contribution >= 4 is 33.0 Å². The number of nitrogens with zero attached hydrogens (tertiary/aromatic N) is 1. The fourth-order valence-electron chi connectivity index (χ4n) is 3.44. The smallest absolute Gasteiger partial charge is 0.252 e. The summed E-state index contributed by atoms with van der Waals surface area (Å²) in [7, 11) is -3.53. The Balaban J connectivity index is 1.76. The fraction of sp³-hybridized carbons (Fsp3) is 0.421. The number of benzene rings is 1. The number of piperidine rings is 1. The van der Waals surface area contributed by atoms with E-state index in [4.69, 9.17) is 0 Å². The molecule has 0 bridgehead atoms. The van der Waals surface area contributed by atoms with Crippen LogP contribution in [0.5, 0.6) is 0 Å². The van der Waals surface area contributed by atoms with E-state index in [1.165, 1.54) is 15.6 Å². The van der Waals surface area contributed by atoms with Gasteiger partial charge in [-0.1, -0.05) is 30.7 Å². The lowest BCUT2D eigenvalue weighted by molar-refractivity contribution is -0.117. The molecule has 1 aromatic heterocycles. The van der Waals surface area contributed by atoms with Crippen LogP contribution in [0.4, 0.5) is 5.69 Å². The minimum Gasteiger partial charge on any atom is -0.326 e. The highest BCUT2D eigenvalue weighted by atomic mass is 32.2. The van der Waals surface area contributed by atoms with Gasteiger partial charge in [0.1, 0.15) is 4.21 Å². The third kappa shape index (κ3) is 4.00. The molecule has 1 N–H and O–H groups in total. The van der Waals surface area contributed by atoms with Gasteiger partial charge in [-0.25, -0.2) is 8.42 Å². The first-order valence-electron chi connectivity index (χ1n) is 8.81. The summed E-state index contributed by atoms with van der Waals surface area (Å²) < 4.78 is 27.7. The number of sulfonamides is 1. The second-order valence-corrected chi connectivity index (χ2v) is 9.78. The fourth-order valence-corrected chi connectivity index (χ4v) is 6.25. The Morgan fingerprint density at radius 1 is 1.19 bits per heavy atom. The van der Waals surface area contributed by atoms with Crippen molar-refractivity contribution in [3.05, 3.63) is 46.8 Å². The average molecular weight is 393 g/mol. The van der Waals surface area contributed by atoms with Crippen LogP contribution in [-0.2, 0) is 14.8 Å². The molecular formula is C19H24N2O3S2. The van der Waals surface area contributed by atoms with E-state index in [0.717, 1.165) is 29.7 Å². The van der Waals surface area contributed by atoms with Gasteiger partial charge in [0, 0.05) is 24.7 Å². The van der Waals surface area contributed by atoms with Crippen molar-refractivity contribution in [3.8, 4) is 0 Å². The summed E-state index contributed by atoms with van der Waals surface area (Å²) in [6, 6.07) is 8.94. The summed E-state index contributed by atoms with van der Waals surface area (Å²) in [5, 5.41) is 4.74. The van der Waals surface area contributed by atoms with Gasteiger partial charge >= 0.3 is 0 Å². The van der Waals surface area contributed by atoms with Gasteiger partial charge in [0.25, 0.3) is 10.0 Å². The van der Waals surface area contributed by atoms with Gasteiger partial charge in [0.2, 0.25) is 5.91 Å². The van der Waals surface area contributed by atoms with Crippen molar-refractivity contribution in [2.24, 2.45) is 0 Å². The van der Waals surface area contributed by atoms with E-state index in [2.05, 4.69) is 5.32 Å². The molecule has 7 heteroatoms. The van der Waals surface area contributed by atoms with E-state index < -0.39 is 10.0 Å². The van der Waals surface area contributed by atoms with E-state index in [9.17, 15) is 13.2 Å². The number of rotatable bonds is 5. The number of hydrogen-bond acceptors (Lipinski definition) is 4. The van der Waals surface area contributed by atoms with E-state index in [1.807, 2.05) is 32.0 Å². The molecule has 0 aliphatic carbocycles. The van der Waals surface area contributed by atoms with Crippen LogP contribution < -0.4 is 5.32 Å². The number of carbonyl (C=O) groups is 1. The quantitative estimate of drug-likeness (QED) is 0.838. The average Bonchev–Trinajstić information content (AvgIpc) is 3.14. The zero-order valence-corrected chi connectivity index (χ0v) is 16.7. The maximum Gasteiger partial charge on any atom is 0.252 e. The molecule has 5 nitrogen and oxygen atoms in total. The Kier molecular flexibility index (Phi) is 5.79. The highest BCUT2D eigenvalue weighted by Gasteiger charge is 2.35. The molecule has 2 heterocycles. The van der Waals surface area contributed by atoms with Crippen molar-refractivity contribution in [3.63, 3.8) is 0 Å². The lowest BCUT2D eigenvalue weighted by atomic mass is 10.0. The zero-order valence-electron chi connectivity index (χ0n) is 15.1. The Hall–Kier alpha value is -1.70. The largest absolute Gasteiger partial charge is 0.326 e. The molecule has 1 aliphatic rings. The van der Waals surface area contributed by atoms with E-state index in [1.54, 1.807) is 17.5 Å². The van der Waals surface area contributed by atoms with Crippen LogP contribution in [0, 0.1) is 13.8 Å². The molecule has 0 spiro atoms. The van der Waals surface area contributed by atoms with Crippen LogP contribution >= 0.6 is 11.3 Å². The van der Waals surface area contributed by atoms with Gasteiger partial charge in [-0.2, -0.15) is 4.31 Å². The van der Waals surface area contributed by atoms with Gasteiger partial charge in [-0.3, -0.25) is 4.79 Å². The third-order valence-electron chi connectivity index (χ3n) is 4.80. The van der Waals surface area contributed by atoms with Crippen molar-refractivity contribution in [1.82, 2.24) is 4.31 Å². The Morgan fingerprint density at radius 2 is 1.92 bits per heavy atom. The van der Waals surface area contributed by atoms with Crippen LogP contribution in [-0.4, -0.2) is 31.2 Å². The number of anilines is 1. The third-order valence-corrected chi connectivity index (χ3v) is 8.12. The number of aryl methyl sites for hydroxylation is 2. The highest BCUT2D eigenvalue weighted by molar-refractivity contribution is 7.91. The van der Waals surface area contributed by atoms with E-state index in [-0.39, 0.29) is 18.4 Å². The molecule has 3 rings (SSSR count). The van der Waals surface area contributed by atoms with E-state index >= 15 is 0 Å². The van der Waals surface area contributed by atoms with Crippen LogP contribution in [0.1, 0.15) is 36.8 Å². The molecule has 1 unspecified atom stereocenters. The maximum atomic E-state index is 12.9. The van der Waals surface area contributed by atoms with Gasteiger partial charge < -0.3 is 5.32 Å². The van der Waals surface area contributed by atoms with E-state index in [0.29, 0.717) is 17.2 Å². The van der Waals surface area contributed by atoms with Crippen LogP contribution in [0.25, 0.3) is 0 Å². The summed E-state index contributed by atoms with van der Waals surface area (Å²) >= 11 is 1.22. The number of carbonyl (C=O) groups excluding carboxylic acids is 1. The molecule has 1 atom stereocenters. The molecule has 0 radical (unpaired) electrons. The second kappa shape index (κ2) is 7.90. The summed E-state index contributed by atoms with van der Waals surface area (Å²) in [4.78, 5) is 12.6. The molecule has 1 fully saturated rings. The van der Waals surface area contributed by atoms with Gasteiger partial charge in [0.05, 0.1) is 0 Å². The molecule has 140 valence electrons. The molecule has 1 aliphatic heterocycles. The summed E-state index contributed by atoms with van der Waals surface area (Å²) in [6.45, 7) is 4.38. The first-order valence-corrected chi connectivity index (χ1v) is 11.1. The van der Waals surface area contributed by atoms with Crippen molar-refractivity contribution in [2.75, 3.05) is 11.9 Å². The van der Waals surface area contributed by atoms with Crippen LogP contribution in [0.3, 0.4) is 0 Å². The number of hydrogen-bond donors (Lipinski definition) is 1. The van der Waals surface area contributed by atoms with Gasteiger partial charge in [-0.15, -0.1) is 11.3 Å². The SMILES string of the molecule is Cc1cccc(C)c1NC(=O)CC1CCCCN1S(=O)(=O)c1cccs1. The second-order valence-electron chi connectivity index (χ2n) is 6.72. The number of thiophene rings is 1. The molecule has 1 saturated heterocycles. The molecular weight excluding hydrogens is 368 g/mol. The number of para-hydroxylation sites is 1. The summed E-state index contributed by atoms with van der Waals surface area (Å²) in [5.41, 5.74) is 2.83. The Labute approximate surface area is 159 Å². The molecule has 1 amide bonds. The lowest BCUT2D eigenvalue weighted by Crippen LogP contribution is -2.45. The minimum atomic E-state index is -3.53. The van der Waals surface area contributed by atoms with Crippen LogP contribution in [0.2, 0.25) is 0 Å². The molecule has 2 aromatic rings.